The molecule has 0 saturated heterocycles. The Morgan fingerprint density at radius 1 is 1.69 bits per heavy atom. The molecule has 0 atom stereocenters. The van der Waals surface area contributed by atoms with Gasteiger partial charge < -0.3 is 5.73 Å². The van der Waals surface area contributed by atoms with Gasteiger partial charge in [0.2, 0.25) is 0 Å². The molecule has 2 amide bonds. The molecule has 0 rings (SSSR count). The zero-order valence-corrected chi connectivity index (χ0v) is 7.45. The highest BCUT2D eigenvalue weighted by Crippen LogP contribution is 1.83. The Bertz CT molecular complexity index is 249. The van der Waals surface area contributed by atoms with Crippen LogP contribution in [0.5, 0.6) is 0 Å². The first-order valence-corrected chi connectivity index (χ1v) is 4.18. The quantitative estimate of drug-likeness (QED) is 0.148. The molecule has 0 aromatic rings. The van der Waals surface area contributed by atoms with Gasteiger partial charge in [0.25, 0.3) is 0 Å². The number of nitrogens with two attached hydrogens (primary N) is 2. The average Bonchev–Trinajstić information content (AvgIpc) is 2.00. The standard InChI is InChI=1S/C3H6O4S.CH5N3O/c1-2-3-7-8(4,5)6;2-1(5)4-3/h2H,1,3H2,(H,4,5,6);3H2,(H3,2,4,5). The lowest BCUT2D eigenvalue weighted by atomic mass is 10.7. The number of urea groups is 1. The Kier molecular flexibility index (Phi) is 8.28. The van der Waals surface area contributed by atoms with Crippen molar-refractivity contribution in [3.05, 3.63) is 12.7 Å². The predicted octanol–water partition coefficient (Wildman–Crippen LogP) is -1.48. The van der Waals surface area contributed by atoms with Crippen LogP contribution in [0.3, 0.4) is 0 Å². The summed E-state index contributed by atoms with van der Waals surface area (Å²) < 4.78 is 31.0. The van der Waals surface area contributed by atoms with Crippen LogP contribution in [0.2, 0.25) is 0 Å². The molecule has 0 radical (unpaired) electrons. The minimum atomic E-state index is -4.26. The molecule has 6 N–H and O–H groups in total. The van der Waals surface area contributed by atoms with E-state index in [-0.39, 0.29) is 6.61 Å². The maximum atomic E-state index is 9.68. The molecule has 0 bridgehead atoms. The number of amides is 2. The molecule has 78 valence electrons. The van der Waals surface area contributed by atoms with E-state index >= 15 is 0 Å². The number of nitrogens with one attached hydrogen (secondary N) is 1. The fourth-order valence-electron chi connectivity index (χ4n) is 0.134. The van der Waals surface area contributed by atoms with E-state index in [0.29, 0.717) is 0 Å². The number of hydrazine groups is 1. The first-order valence-electron chi connectivity index (χ1n) is 2.82. The highest BCUT2D eigenvalue weighted by atomic mass is 32.3. The van der Waals surface area contributed by atoms with Gasteiger partial charge in [-0.1, -0.05) is 6.08 Å². The Morgan fingerprint density at radius 2 is 2.08 bits per heavy atom. The molecule has 0 unspecified atom stereocenters. The van der Waals surface area contributed by atoms with Crippen LogP contribution in [-0.4, -0.2) is 25.6 Å². The number of primary amides is 1. The molecule has 0 aliphatic heterocycles. The van der Waals surface area contributed by atoms with Crippen LogP contribution in [0.25, 0.3) is 0 Å². The van der Waals surface area contributed by atoms with Gasteiger partial charge in [-0.3, -0.25) is 9.98 Å². The number of hydrogen-bond donors (Lipinski definition) is 4. The lowest BCUT2D eigenvalue weighted by molar-refractivity contribution is 0.249. The van der Waals surface area contributed by atoms with Crippen molar-refractivity contribution in [2.75, 3.05) is 6.61 Å². The van der Waals surface area contributed by atoms with Crippen molar-refractivity contribution in [2.24, 2.45) is 11.6 Å². The molecular weight excluding hydrogens is 202 g/mol. The molecule has 9 heteroatoms. The van der Waals surface area contributed by atoms with Crippen LogP contribution in [0.15, 0.2) is 12.7 Å². The summed E-state index contributed by atoms with van der Waals surface area (Å²) >= 11 is 0. The molecule has 0 fully saturated rings. The van der Waals surface area contributed by atoms with Crippen LogP contribution in [0.4, 0.5) is 4.79 Å². The SMILES string of the molecule is C=CCOS(=O)(=O)O.NNC(N)=O. The number of rotatable bonds is 3. The van der Waals surface area contributed by atoms with E-state index in [4.69, 9.17) is 4.55 Å². The van der Waals surface area contributed by atoms with E-state index < -0.39 is 16.4 Å². The van der Waals surface area contributed by atoms with Crippen LogP contribution >= 0.6 is 0 Å². The second-order valence-corrected chi connectivity index (χ2v) is 2.60. The van der Waals surface area contributed by atoms with Crippen molar-refractivity contribution in [1.29, 1.82) is 0 Å². The van der Waals surface area contributed by atoms with Crippen LogP contribution in [0.1, 0.15) is 0 Å². The van der Waals surface area contributed by atoms with Gasteiger partial charge in [-0.25, -0.2) is 14.8 Å². The lowest BCUT2D eigenvalue weighted by Gasteiger charge is -1.90. The van der Waals surface area contributed by atoms with Gasteiger partial charge in [0, 0.05) is 0 Å². The molecular formula is C4H11N3O5S. The Hall–Kier alpha value is -1.16. The number of carbonyl (C=O) groups is 1. The molecule has 0 aliphatic rings. The van der Waals surface area contributed by atoms with Crippen molar-refractivity contribution >= 4 is 16.4 Å². The molecule has 0 heterocycles. The first-order chi connectivity index (χ1) is 5.83. The third-order valence-electron chi connectivity index (χ3n) is 0.477. The lowest BCUT2D eigenvalue weighted by Crippen LogP contribution is -2.34. The van der Waals surface area contributed by atoms with Gasteiger partial charge in [0.1, 0.15) is 0 Å². The van der Waals surface area contributed by atoms with E-state index in [9.17, 15) is 13.2 Å². The summed E-state index contributed by atoms with van der Waals surface area (Å²) in [6, 6.07) is -0.718. The zero-order chi connectivity index (χ0) is 10.9. The minimum Gasteiger partial charge on any atom is -0.351 e. The van der Waals surface area contributed by atoms with E-state index in [0.717, 1.165) is 0 Å². The monoisotopic (exact) mass is 213 g/mol. The van der Waals surface area contributed by atoms with Crippen molar-refractivity contribution < 1.29 is 21.9 Å². The Labute approximate surface area is 75.5 Å². The third-order valence-corrected chi connectivity index (χ3v) is 0.911. The second-order valence-electron chi connectivity index (χ2n) is 1.51. The molecule has 13 heavy (non-hydrogen) atoms. The summed E-state index contributed by atoms with van der Waals surface area (Å²) in [6.07, 6.45) is 1.22. The van der Waals surface area contributed by atoms with Gasteiger partial charge in [-0.05, 0) is 0 Å². The average molecular weight is 213 g/mol. The van der Waals surface area contributed by atoms with Crippen LogP contribution in [0, 0.1) is 0 Å². The summed E-state index contributed by atoms with van der Waals surface area (Å²) in [5.74, 6) is 4.45. The van der Waals surface area contributed by atoms with E-state index in [2.05, 4.69) is 22.3 Å². The molecule has 0 aromatic carbocycles. The Balaban J connectivity index is 0. The smallest absolute Gasteiger partial charge is 0.351 e. The normalized spacial score (nSPS) is 9.38. The maximum Gasteiger partial charge on any atom is 0.397 e. The first kappa shape index (κ1) is 14.4. The fraction of sp³-hybridized carbons (Fsp3) is 0.250. The van der Waals surface area contributed by atoms with Gasteiger partial charge in [-0.15, -0.1) is 6.58 Å². The molecule has 0 spiro atoms. The maximum absolute atomic E-state index is 9.68. The summed E-state index contributed by atoms with van der Waals surface area (Å²) in [5.41, 5.74) is 6.08. The predicted molar refractivity (Wildman–Crippen MR) is 44.6 cm³/mol. The number of hydrogen-bond acceptors (Lipinski definition) is 5. The van der Waals surface area contributed by atoms with Gasteiger partial charge in [0.15, 0.2) is 0 Å². The van der Waals surface area contributed by atoms with Crippen molar-refractivity contribution in [2.45, 2.75) is 0 Å². The van der Waals surface area contributed by atoms with Gasteiger partial charge >= 0.3 is 16.4 Å². The zero-order valence-electron chi connectivity index (χ0n) is 6.63. The fourth-order valence-corrected chi connectivity index (χ4v) is 0.402. The van der Waals surface area contributed by atoms with Crippen molar-refractivity contribution in [3.63, 3.8) is 0 Å². The molecule has 0 saturated carbocycles. The largest absolute Gasteiger partial charge is 0.397 e. The number of carbonyl (C=O) groups excluding carboxylic acids is 1. The van der Waals surface area contributed by atoms with E-state index in [1.807, 2.05) is 0 Å². The summed E-state index contributed by atoms with van der Waals surface area (Å²) in [6.45, 7) is 2.97. The third kappa shape index (κ3) is 24.8. The van der Waals surface area contributed by atoms with Crippen LogP contribution < -0.4 is 17.0 Å². The Morgan fingerprint density at radius 3 is 2.15 bits per heavy atom. The molecule has 8 nitrogen and oxygen atoms in total. The second kappa shape index (κ2) is 7.49. The molecule has 0 aliphatic carbocycles. The van der Waals surface area contributed by atoms with Gasteiger partial charge in [-0.2, -0.15) is 8.42 Å². The van der Waals surface area contributed by atoms with E-state index in [1.54, 1.807) is 5.43 Å². The summed E-state index contributed by atoms with van der Waals surface area (Å²) in [7, 11) is -4.26. The highest BCUT2D eigenvalue weighted by molar-refractivity contribution is 7.80. The van der Waals surface area contributed by atoms with E-state index in [1.165, 1.54) is 6.08 Å². The highest BCUT2D eigenvalue weighted by Gasteiger charge is 1.99. The molecule has 0 aromatic heterocycles. The van der Waals surface area contributed by atoms with Crippen molar-refractivity contribution in [3.8, 4) is 0 Å². The summed E-state index contributed by atoms with van der Waals surface area (Å²) in [4.78, 5) is 9.35. The van der Waals surface area contributed by atoms with Gasteiger partial charge in [0.05, 0.1) is 6.61 Å². The van der Waals surface area contributed by atoms with Crippen LogP contribution in [-0.2, 0) is 14.6 Å². The minimum absolute atomic E-state index is 0.196. The van der Waals surface area contributed by atoms with Crippen molar-refractivity contribution in [1.82, 2.24) is 5.43 Å². The topological polar surface area (TPSA) is 145 Å². The summed E-state index contributed by atoms with van der Waals surface area (Å²) in [5, 5.41) is 0.